The van der Waals surface area contributed by atoms with Crippen molar-refractivity contribution in [2.45, 2.75) is 78.0 Å². The van der Waals surface area contributed by atoms with Crippen LogP contribution < -0.4 is 10.6 Å². The number of hydrogen-bond acceptors (Lipinski definition) is 5. The van der Waals surface area contributed by atoms with Crippen LogP contribution in [0.15, 0.2) is 12.4 Å². The molecule has 0 aromatic carbocycles. The van der Waals surface area contributed by atoms with E-state index in [1.807, 2.05) is 34.6 Å². The Labute approximate surface area is 149 Å². The zero-order valence-corrected chi connectivity index (χ0v) is 16.0. The number of anilines is 1. The number of amides is 1. The maximum absolute atomic E-state index is 11.8. The highest BCUT2D eigenvalue weighted by molar-refractivity contribution is 6.29. The number of carbonyl (C=O) groups excluding carboxylic acids is 1. The average molecular weight is 357 g/mol. The maximum atomic E-state index is 11.8. The third-order valence-corrected chi connectivity index (χ3v) is 3.59. The van der Waals surface area contributed by atoms with E-state index in [4.69, 9.17) is 16.3 Å². The van der Waals surface area contributed by atoms with Crippen LogP contribution in [-0.4, -0.2) is 33.7 Å². The predicted molar refractivity (Wildman–Crippen MR) is 97.4 cm³/mol. The van der Waals surface area contributed by atoms with E-state index < -0.39 is 5.60 Å². The van der Waals surface area contributed by atoms with E-state index in [1.54, 1.807) is 6.20 Å². The first-order chi connectivity index (χ1) is 11.3. The standard InChI is InChI=1S/C15H23ClN4O2.C2H6/c1-15(2,3)22-14(21)19-11-6-4-10(5-7-11)18-13-9-17-8-12(16)20-13;1-2/h8-11H,4-7H2,1-3H3,(H,18,20)(H,19,21);1-2H3. The topological polar surface area (TPSA) is 76.1 Å². The van der Waals surface area contributed by atoms with Crippen molar-refractivity contribution < 1.29 is 9.53 Å². The smallest absolute Gasteiger partial charge is 0.407 e. The van der Waals surface area contributed by atoms with E-state index >= 15 is 0 Å². The van der Waals surface area contributed by atoms with Crippen LogP contribution in [0.3, 0.4) is 0 Å². The van der Waals surface area contributed by atoms with Gasteiger partial charge in [0, 0.05) is 12.1 Å². The highest BCUT2D eigenvalue weighted by Gasteiger charge is 2.24. The third kappa shape index (κ3) is 7.81. The molecular formula is C17H29ClN4O2. The SMILES string of the molecule is CC.CC(C)(C)OC(=O)NC1CCC(Nc2cncc(Cl)n2)CC1. The molecular weight excluding hydrogens is 328 g/mol. The first-order valence-corrected chi connectivity index (χ1v) is 8.93. The molecule has 0 bridgehead atoms. The largest absolute Gasteiger partial charge is 0.444 e. The maximum Gasteiger partial charge on any atom is 0.407 e. The van der Waals surface area contributed by atoms with E-state index in [1.165, 1.54) is 6.20 Å². The van der Waals surface area contributed by atoms with E-state index in [0.717, 1.165) is 25.7 Å². The van der Waals surface area contributed by atoms with Crippen LogP contribution >= 0.6 is 11.6 Å². The van der Waals surface area contributed by atoms with Gasteiger partial charge in [0.15, 0.2) is 0 Å². The van der Waals surface area contributed by atoms with Gasteiger partial charge in [-0.3, -0.25) is 4.98 Å². The summed E-state index contributed by atoms with van der Waals surface area (Å²) in [7, 11) is 0. The lowest BCUT2D eigenvalue weighted by molar-refractivity contribution is 0.0492. The van der Waals surface area contributed by atoms with E-state index in [2.05, 4.69) is 20.6 Å². The summed E-state index contributed by atoms with van der Waals surface area (Å²) < 4.78 is 5.28. The van der Waals surface area contributed by atoms with Crippen LogP contribution in [0, 0.1) is 0 Å². The van der Waals surface area contributed by atoms with Gasteiger partial charge in [0.05, 0.1) is 12.4 Å². The number of aromatic nitrogens is 2. The molecule has 6 nitrogen and oxygen atoms in total. The number of rotatable bonds is 3. The van der Waals surface area contributed by atoms with Gasteiger partial charge in [-0.15, -0.1) is 0 Å². The Balaban J connectivity index is 0.00000139. The summed E-state index contributed by atoms with van der Waals surface area (Å²) >= 11 is 5.82. The predicted octanol–water partition coefficient (Wildman–Crippen LogP) is 4.40. The van der Waals surface area contributed by atoms with Crippen molar-refractivity contribution in [1.29, 1.82) is 0 Å². The Hall–Kier alpha value is -1.56. The fourth-order valence-electron chi connectivity index (χ4n) is 2.48. The number of alkyl carbamates (subject to hydrolysis) is 1. The summed E-state index contributed by atoms with van der Waals surface area (Å²) in [5.74, 6) is 0.691. The lowest BCUT2D eigenvalue weighted by Crippen LogP contribution is -2.42. The van der Waals surface area contributed by atoms with Gasteiger partial charge >= 0.3 is 6.09 Å². The summed E-state index contributed by atoms with van der Waals surface area (Å²) in [4.78, 5) is 19.9. The molecule has 2 N–H and O–H groups in total. The fraction of sp³-hybridized carbons (Fsp3) is 0.706. The molecule has 0 atom stereocenters. The quantitative estimate of drug-likeness (QED) is 0.839. The van der Waals surface area contributed by atoms with Crippen molar-refractivity contribution in [3.8, 4) is 0 Å². The Morgan fingerprint density at radius 3 is 2.29 bits per heavy atom. The van der Waals surface area contributed by atoms with Crippen molar-refractivity contribution in [3.05, 3.63) is 17.5 Å². The summed E-state index contributed by atoms with van der Waals surface area (Å²) in [6, 6.07) is 0.489. The molecule has 2 rings (SSSR count). The van der Waals surface area contributed by atoms with Crippen molar-refractivity contribution in [2.75, 3.05) is 5.32 Å². The van der Waals surface area contributed by atoms with Crippen molar-refractivity contribution in [3.63, 3.8) is 0 Å². The Bertz CT molecular complexity index is 512. The molecule has 1 aromatic heterocycles. The first-order valence-electron chi connectivity index (χ1n) is 8.55. The number of nitrogens with zero attached hydrogens (tertiary/aromatic N) is 2. The lowest BCUT2D eigenvalue weighted by atomic mass is 9.91. The molecule has 1 fully saturated rings. The highest BCUT2D eigenvalue weighted by Crippen LogP contribution is 2.22. The molecule has 7 heteroatoms. The Kier molecular flexibility index (Phi) is 8.25. The number of ether oxygens (including phenoxy) is 1. The molecule has 0 radical (unpaired) electrons. The molecule has 0 aliphatic heterocycles. The van der Waals surface area contributed by atoms with Gasteiger partial charge in [0.25, 0.3) is 0 Å². The van der Waals surface area contributed by atoms with Gasteiger partial charge in [-0.1, -0.05) is 25.4 Å². The molecule has 0 saturated heterocycles. The normalized spacial score (nSPS) is 20.4. The third-order valence-electron chi connectivity index (χ3n) is 3.41. The molecule has 1 saturated carbocycles. The van der Waals surface area contributed by atoms with Crippen LogP contribution in [-0.2, 0) is 4.74 Å². The molecule has 1 aromatic rings. The minimum atomic E-state index is -0.464. The molecule has 1 heterocycles. The fourth-order valence-corrected chi connectivity index (χ4v) is 2.62. The van der Waals surface area contributed by atoms with Crippen LogP contribution in [0.25, 0.3) is 0 Å². The second-order valence-corrected chi connectivity index (χ2v) is 6.95. The average Bonchev–Trinajstić information content (AvgIpc) is 2.49. The minimum Gasteiger partial charge on any atom is -0.444 e. The van der Waals surface area contributed by atoms with Gasteiger partial charge < -0.3 is 15.4 Å². The molecule has 136 valence electrons. The molecule has 1 amide bonds. The van der Waals surface area contributed by atoms with Gasteiger partial charge in [-0.25, -0.2) is 9.78 Å². The summed E-state index contributed by atoms with van der Waals surface area (Å²) in [6.07, 6.45) is 6.55. The molecule has 24 heavy (non-hydrogen) atoms. The minimum absolute atomic E-state index is 0.165. The Morgan fingerprint density at radius 2 is 1.75 bits per heavy atom. The molecule has 1 aliphatic rings. The number of carbonyl (C=O) groups is 1. The first kappa shape index (κ1) is 20.5. The van der Waals surface area contributed by atoms with Crippen LogP contribution in [0.5, 0.6) is 0 Å². The zero-order chi connectivity index (χ0) is 18.2. The zero-order valence-electron chi connectivity index (χ0n) is 15.2. The molecule has 1 aliphatic carbocycles. The monoisotopic (exact) mass is 356 g/mol. The molecule has 0 spiro atoms. The van der Waals surface area contributed by atoms with Gasteiger partial charge in [-0.05, 0) is 46.5 Å². The van der Waals surface area contributed by atoms with Crippen molar-refractivity contribution in [1.82, 2.24) is 15.3 Å². The van der Waals surface area contributed by atoms with Gasteiger partial charge in [0.1, 0.15) is 16.6 Å². The van der Waals surface area contributed by atoms with E-state index in [0.29, 0.717) is 17.0 Å². The summed E-state index contributed by atoms with van der Waals surface area (Å²) in [5.41, 5.74) is -0.464. The van der Waals surface area contributed by atoms with Crippen LogP contribution in [0.4, 0.5) is 10.6 Å². The second kappa shape index (κ2) is 9.67. The number of hydrogen-bond donors (Lipinski definition) is 2. The van der Waals surface area contributed by atoms with Crippen molar-refractivity contribution in [2.24, 2.45) is 0 Å². The number of halogens is 1. The van der Waals surface area contributed by atoms with E-state index in [9.17, 15) is 4.79 Å². The van der Waals surface area contributed by atoms with Crippen LogP contribution in [0.1, 0.15) is 60.3 Å². The number of nitrogens with one attached hydrogen (secondary N) is 2. The van der Waals surface area contributed by atoms with Gasteiger partial charge in [-0.2, -0.15) is 0 Å². The van der Waals surface area contributed by atoms with Crippen LogP contribution in [0.2, 0.25) is 5.15 Å². The summed E-state index contributed by atoms with van der Waals surface area (Å²) in [6.45, 7) is 9.58. The molecule has 0 unspecified atom stereocenters. The lowest BCUT2D eigenvalue weighted by Gasteiger charge is -2.30. The Morgan fingerprint density at radius 1 is 1.17 bits per heavy atom. The van der Waals surface area contributed by atoms with Gasteiger partial charge in [0.2, 0.25) is 0 Å². The second-order valence-electron chi connectivity index (χ2n) is 6.57. The van der Waals surface area contributed by atoms with Crippen molar-refractivity contribution >= 4 is 23.5 Å². The van der Waals surface area contributed by atoms with E-state index in [-0.39, 0.29) is 12.1 Å². The highest BCUT2D eigenvalue weighted by atomic mass is 35.5. The summed E-state index contributed by atoms with van der Waals surface area (Å²) in [5, 5.41) is 6.64.